The van der Waals surface area contributed by atoms with E-state index in [9.17, 15) is 4.79 Å². The second-order valence-electron chi connectivity index (χ2n) is 7.05. The van der Waals surface area contributed by atoms with Gasteiger partial charge in [0.2, 0.25) is 0 Å². The third-order valence-electron chi connectivity index (χ3n) is 5.04. The molecule has 4 rings (SSSR count). The highest BCUT2D eigenvalue weighted by Crippen LogP contribution is 2.20. The first kappa shape index (κ1) is 19.4. The second kappa shape index (κ2) is 8.62. The topological polar surface area (TPSA) is 46.9 Å². The molecule has 0 saturated heterocycles. The fraction of sp³-hybridized carbons (Fsp3) is 0.167. The molecule has 29 heavy (non-hydrogen) atoms. The van der Waals surface area contributed by atoms with Gasteiger partial charge in [0.25, 0.3) is 5.91 Å². The molecule has 3 aromatic carbocycles. The zero-order chi connectivity index (χ0) is 20.2. The number of halogens is 1. The van der Waals surface area contributed by atoms with E-state index in [0.717, 1.165) is 27.9 Å². The van der Waals surface area contributed by atoms with E-state index >= 15 is 0 Å². The zero-order valence-corrected chi connectivity index (χ0v) is 17.8. The number of nitrogens with one attached hydrogen (secondary N) is 1. The Balaban J connectivity index is 1.54. The molecule has 1 amide bonds. The maximum absolute atomic E-state index is 12.4. The Morgan fingerprint density at radius 2 is 1.83 bits per heavy atom. The maximum atomic E-state index is 12.4. The quantitative estimate of drug-likeness (QED) is 0.445. The van der Waals surface area contributed by atoms with E-state index in [2.05, 4.69) is 63.1 Å². The monoisotopic (exact) mass is 447 g/mol. The Morgan fingerprint density at radius 3 is 2.66 bits per heavy atom. The van der Waals surface area contributed by atoms with E-state index in [1.807, 2.05) is 42.5 Å². The minimum atomic E-state index is -0.0761. The summed E-state index contributed by atoms with van der Waals surface area (Å²) in [5, 5.41) is 3.01. The van der Waals surface area contributed by atoms with Crippen molar-refractivity contribution < 1.29 is 4.79 Å². The number of rotatable bonds is 6. The van der Waals surface area contributed by atoms with Crippen molar-refractivity contribution in [3.63, 3.8) is 0 Å². The molecule has 5 heteroatoms. The summed E-state index contributed by atoms with van der Waals surface area (Å²) < 4.78 is 3.15. The molecule has 0 spiro atoms. The van der Waals surface area contributed by atoms with E-state index in [0.29, 0.717) is 18.5 Å². The van der Waals surface area contributed by atoms with Gasteiger partial charge >= 0.3 is 0 Å². The summed E-state index contributed by atoms with van der Waals surface area (Å²) in [6.45, 7) is 3.43. The number of nitrogens with zero attached hydrogens (tertiary/aromatic N) is 2. The standard InChI is InChI=1S/C24H22BrN3O/c1-17-7-2-3-8-19(17)16-28-22-12-5-4-11-21(22)27-23(28)13-14-26-24(29)18-9-6-10-20(25)15-18/h2-12,15H,13-14,16H2,1H3,(H,26,29). The summed E-state index contributed by atoms with van der Waals surface area (Å²) in [4.78, 5) is 17.2. The predicted octanol–water partition coefficient (Wildman–Crippen LogP) is 5.13. The van der Waals surface area contributed by atoms with Crippen molar-refractivity contribution in [2.45, 2.75) is 19.9 Å². The zero-order valence-electron chi connectivity index (χ0n) is 16.2. The van der Waals surface area contributed by atoms with Crippen molar-refractivity contribution in [1.29, 1.82) is 0 Å². The molecular formula is C24H22BrN3O. The number of carbonyl (C=O) groups is 1. The Kier molecular flexibility index (Phi) is 5.76. The molecule has 0 radical (unpaired) electrons. The number of benzene rings is 3. The maximum Gasteiger partial charge on any atom is 0.251 e. The molecule has 0 bridgehead atoms. The van der Waals surface area contributed by atoms with Crippen molar-refractivity contribution in [3.05, 3.63) is 99.8 Å². The summed E-state index contributed by atoms with van der Waals surface area (Å²) in [6, 6.07) is 24.0. The van der Waals surface area contributed by atoms with Crippen molar-refractivity contribution in [2.75, 3.05) is 6.54 Å². The Bertz CT molecular complexity index is 1170. The molecule has 0 saturated carbocycles. The first-order chi connectivity index (χ1) is 14.1. The first-order valence-corrected chi connectivity index (χ1v) is 10.4. The lowest BCUT2D eigenvalue weighted by Gasteiger charge is -2.12. The van der Waals surface area contributed by atoms with Crippen LogP contribution in [-0.4, -0.2) is 22.0 Å². The minimum Gasteiger partial charge on any atom is -0.352 e. The van der Waals surface area contributed by atoms with Crippen LogP contribution in [0.5, 0.6) is 0 Å². The van der Waals surface area contributed by atoms with Crippen LogP contribution in [0, 0.1) is 6.92 Å². The fourth-order valence-corrected chi connectivity index (χ4v) is 3.87. The van der Waals surface area contributed by atoms with Gasteiger partial charge in [0, 0.05) is 29.5 Å². The normalized spacial score (nSPS) is 11.0. The number of hydrogen-bond acceptors (Lipinski definition) is 2. The molecule has 0 aliphatic rings. The van der Waals surface area contributed by atoms with Gasteiger partial charge in [-0.25, -0.2) is 4.98 Å². The van der Waals surface area contributed by atoms with Gasteiger partial charge < -0.3 is 9.88 Å². The van der Waals surface area contributed by atoms with E-state index in [1.165, 1.54) is 11.1 Å². The lowest BCUT2D eigenvalue weighted by molar-refractivity contribution is 0.0954. The summed E-state index contributed by atoms with van der Waals surface area (Å²) in [5.74, 6) is 0.900. The van der Waals surface area contributed by atoms with Crippen LogP contribution in [0.4, 0.5) is 0 Å². The predicted molar refractivity (Wildman–Crippen MR) is 120 cm³/mol. The molecule has 1 heterocycles. The molecule has 1 N–H and O–H groups in total. The van der Waals surface area contributed by atoms with Crippen LogP contribution in [0.25, 0.3) is 11.0 Å². The van der Waals surface area contributed by atoms with Gasteiger partial charge in [-0.3, -0.25) is 4.79 Å². The van der Waals surface area contributed by atoms with Gasteiger partial charge in [-0.1, -0.05) is 58.4 Å². The Morgan fingerprint density at radius 1 is 1.03 bits per heavy atom. The summed E-state index contributed by atoms with van der Waals surface area (Å²) in [7, 11) is 0. The Hall–Kier alpha value is -2.92. The molecule has 0 atom stereocenters. The molecule has 0 fully saturated rings. The average Bonchev–Trinajstić information content (AvgIpc) is 3.07. The number of hydrogen-bond donors (Lipinski definition) is 1. The first-order valence-electron chi connectivity index (χ1n) is 9.64. The molecule has 4 nitrogen and oxygen atoms in total. The van der Waals surface area contributed by atoms with Crippen molar-refractivity contribution in [3.8, 4) is 0 Å². The number of carbonyl (C=O) groups excluding carboxylic acids is 1. The highest BCUT2D eigenvalue weighted by molar-refractivity contribution is 9.10. The third kappa shape index (κ3) is 4.40. The van der Waals surface area contributed by atoms with Crippen LogP contribution in [0.1, 0.15) is 27.3 Å². The van der Waals surface area contributed by atoms with E-state index in [-0.39, 0.29) is 5.91 Å². The van der Waals surface area contributed by atoms with Crippen LogP contribution in [-0.2, 0) is 13.0 Å². The molecule has 1 aromatic heterocycles. The van der Waals surface area contributed by atoms with Gasteiger partial charge in [0.15, 0.2) is 0 Å². The van der Waals surface area contributed by atoms with E-state index in [1.54, 1.807) is 0 Å². The van der Waals surface area contributed by atoms with Crippen LogP contribution in [0.15, 0.2) is 77.3 Å². The third-order valence-corrected chi connectivity index (χ3v) is 5.54. The van der Waals surface area contributed by atoms with Gasteiger partial charge in [-0.2, -0.15) is 0 Å². The van der Waals surface area contributed by atoms with E-state index < -0.39 is 0 Å². The number of aryl methyl sites for hydroxylation is 1. The number of amides is 1. The van der Waals surface area contributed by atoms with Gasteiger partial charge in [0.05, 0.1) is 11.0 Å². The highest BCUT2D eigenvalue weighted by atomic mass is 79.9. The second-order valence-corrected chi connectivity index (χ2v) is 7.96. The number of imidazole rings is 1. The van der Waals surface area contributed by atoms with Crippen molar-refractivity contribution in [2.24, 2.45) is 0 Å². The summed E-state index contributed by atoms with van der Waals surface area (Å²) >= 11 is 3.41. The Labute approximate surface area is 178 Å². The van der Waals surface area contributed by atoms with Crippen molar-refractivity contribution in [1.82, 2.24) is 14.9 Å². The SMILES string of the molecule is Cc1ccccc1Cn1c(CCNC(=O)c2cccc(Br)c2)nc2ccccc21. The molecule has 146 valence electrons. The highest BCUT2D eigenvalue weighted by Gasteiger charge is 2.12. The number of para-hydroxylation sites is 2. The average molecular weight is 448 g/mol. The summed E-state index contributed by atoms with van der Waals surface area (Å²) in [5.41, 5.74) is 5.28. The summed E-state index contributed by atoms with van der Waals surface area (Å²) in [6.07, 6.45) is 0.667. The van der Waals surface area contributed by atoms with Crippen LogP contribution >= 0.6 is 15.9 Å². The minimum absolute atomic E-state index is 0.0761. The number of fused-ring (bicyclic) bond motifs is 1. The lowest BCUT2D eigenvalue weighted by atomic mass is 10.1. The fourth-order valence-electron chi connectivity index (χ4n) is 3.47. The van der Waals surface area contributed by atoms with Gasteiger partial charge in [-0.05, 0) is 48.4 Å². The molecule has 0 aliphatic heterocycles. The van der Waals surface area contributed by atoms with Crippen molar-refractivity contribution >= 4 is 32.9 Å². The van der Waals surface area contributed by atoms with E-state index in [4.69, 9.17) is 4.98 Å². The van der Waals surface area contributed by atoms with Crippen LogP contribution in [0.2, 0.25) is 0 Å². The van der Waals surface area contributed by atoms with Crippen LogP contribution in [0.3, 0.4) is 0 Å². The lowest BCUT2D eigenvalue weighted by Crippen LogP contribution is -2.26. The molecular weight excluding hydrogens is 426 g/mol. The smallest absolute Gasteiger partial charge is 0.251 e. The van der Waals surface area contributed by atoms with Gasteiger partial charge in [0.1, 0.15) is 5.82 Å². The van der Waals surface area contributed by atoms with Crippen LogP contribution < -0.4 is 5.32 Å². The molecule has 4 aromatic rings. The van der Waals surface area contributed by atoms with Gasteiger partial charge in [-0.15, -0.1) is 0 Å². The molecule has 0 aliphatic carbocycles. The molecule has 0 unspecified atom stereocenters. The number of aromatic nitrogens is 2. The largest absolute Gasteiger partial charge is 0.352 e.